The van der Waals surface area contributed by atoms with Crippen molar-refractivity contribution in [2.45, 2.75) is 31.6 Å². The summed E-state index contributed by atoms with van der Waals surface area (Å²) in [6.45, 7) is 5.13. The van der Waals surface area contributed by atoms with Gasteiger partial charge in [-0.05, 0) is 78.4 Å². The Morgan fingerprint density at radius 1 is 1.21 bits per heavy atom. The van der Waals surface area contributed by atoms with Gasteiger partial charge < -0.3 is 4.74 Å². The molecular weight excluding hydrogens is 413 g/mol. The molecule has 4 nitrogen and oxygen atoms in total. The van der Waals surface area contributed by atoms with Crippen LogP contribution in [-0.4, -0.2) is 47.5 Å². The van der Waals surface area contributed by atoms with Crippen LogP contribution in [0, 0.1) is 3.57 Å². The van der Waals surface area contributed by atoms with Crippen LogP contribution in [0.4, 0.5) is 0 Å². The minimum Gasteiger partial charge on any atom is -0.379 e. The molecule has 1 aromatic carbocycles. The first-order chi connectivity index (χ1) is 11.8. The largest absolute Gasteiger partial charge is 0.379 e. The van der Waals surface area contributed by atoms with Crippen LogP contribution in [0.1, 0.15) is 36.4 Å². The van der Waals surface area contributed by atoms with E-state index in [-0.39, 0.29) is 0 Å². The molecule has 0 radical (unpaired) electrons. The van der Waals surface area contributed by atoms with Crippen molar-refractivity contribution in [3.05, 3.63) is 45.3 Å². The molecule has 1 fully saturated rings. The molecule has 2 aliphatic rings. The van der Waals surface area contributed by atoms with Crippen molar-refractivity contribution in [2.75, 3.05) is 32.8 Å². The summed E-state index contributed by atoms with van der Waals surface area (Å²) in [4.78, 5) is 2.54. The maximum Gasteiger partial charge on any atom is 0.0782 e. The zero-order chi connectivity index (χ0) is 16.4. The summed E-state index contributed by atoms with van der Waals surface area (Å²) in [5, 5.41) is 4.75. The first-order valence-electron chi connectivity index (χ1n) is 8.95. The third kappa shape index (κ3) is 3.39. The fourth-order valence-corrected chi connectivity index (χ4v) is 4.56. The van der Waals surface area contributed by atoms with Crippen LogP contribution in [0.15, 0.2) is 30.5 Å². The van der Waals surface area contributed by atoms with Crippen molar-refractivity contribution in [2.24, 2.45) is 0 Å². The van der Waals surface area contributed by atoms with E-state index in [4.69, 9.17) is 9.84 Å². The van der Waals surface area contributed by atoms with Crippen LogP contribution in [0.5, 0.6) is 0 Å². The number of aromatic nitrogens is 2. The molecule has 1 aromatic heterocycles. The minimum absolute atomic E-state index is 0.659. The van der Waals surface area contributed by atoms with Crippen LogP contribution < -0.4 is 0 Å². The Balaban J connectivity index is 1.52. The average Bonchev–Trinajstić information content (AvgIpc) is 3.06. The van der Waals surface area contributed by atoms with Crippen molar-refractivity contribution in [1.29, 1.82) is 0 Å². The van der Waals surface area contributed by atoms with Crippen molar-refractivity contribution in [3.8, 4) is 5.69 Å². The second kappa shape index (κ2) is 7.54. The van der Waals surface area contributed by atoms with Crippen LogP contribution in [0.2, 0.25) is 0 Å². The lowest BCUT2D eigenvalue weighted by molar-refractivity contribution is 0.0363. The number of ether oxygens (including phenoxy) is 1. The Labute approximate surface area is 157 Å². The zero-order valence-electron chi connectivity index (χ0n) is 14.0. The number of hydrogen-bond donors (Lipinski definition) is 0. The topological polar surface area (TPSA) is 30.3 Å². The monoisotopic (exact) mass is 437 g/mol. The number of rotatable bonds is 4. The maximum absolute atomic E-state index is 5.46. The summed E-state index contributed by atoms with van der Waals surface area (Å²) in [5.41, 5.74) is 4.12. The van der Waals surface area contributed by atoms with Crippen molar-refractivity contribution >= 4 is 22.6 Å². The molecule has 1 saturated heterocycles. The van der Waals surface area contributed by atoms with Gasteiger partial charge in [-0.2, -0.15) is 5.10 Å². The number of morpholine rings is 1. The molecule has 4 rings (SSSR count). The van der Waals surface area contributed by atoms with E-state index in [0.717, 1.165) is 32.7 Å². The van der Waals surface area contributed by atoms with Gasteiger partial charge >= 0.3 is 0 Å². The highest BCUT2D eigenvalue weighted by atomic mass is 127. The lowest BCUT2D eigenvalue weighted by atomic mass is 9.84. The lowest BCUT2D eigenvalue weighted by Gasteiger charge is -2.29. The van der Waals surface area contributed by atoms with Gasteiger partial charge in [0.1, 0.15) is 0 Å². The zero-order valence-corrected chi connectivity index (χ0v) is 16.1. The van der Waals surface area contributed by atoms with Gasteiger partial charge in [0, 0.05) is 22.4 Å². The highest BCUT2D eigenvalue weighted by molar-refractivity contribution is 14.1. The Hall–Kier alpha value is -0.920. The molecule has 2 aromatic rings. The normalized spacial score (nSPS) is 21.6. The molecule has 1 aliphatic carbocycles. The molecule has 5 heteroatoms. The summed E-state index contributed by atoms with van der Waals surface area (Å²) < 4.78 is 8.89. The summed E-state index contributed by atoms with van der Waals surface area (Å²) in [6.07, 6.45) is 7.09. The van der Waals surface area contributed by atoms with Gasteiger partial charge in [-0.15, -0.1) is 0 Å². The number of benzene rings is 1. The molecule has 1 unspecified atom stereocenters. The molecule has 0 bridgehead atoms. The van der Waals surface area contributed by atoms with Gasteiger partial charge in [-0.1, -0.05) is 12.1 Å². The second-order valence-electron chi connectivity index (χ2n) is 6.74. The first kappa shape index (κ1) is 16.5. The van der Waals surface area contributed by atoms with Crippen LogP contribution in [0.3, 0.4) is 0 Å². The number of halogens is 1. The minimum atomic E-state index is 0.659. The molecule has 1 atom stereocenters. The predicted octanol–water partition coefficient (Wildman–Crippen LogP) is 3.62. The molecule has 2 heterocycles. The quantitative estimate of drug-likeness (QED) is 0.685. The van der Waals surface area contributed by atoms with E-state index in [2.05, 4.69) is 62.6 Å². The fourth-order valence-electron chi connectivity index (χ4n) is 3.94. The van der Waals surface area contributed by atoms with Crippen molar-refractivity contribution in [3.63, 3.8) is 0 Å². The van der Waals surface area contributed by atoms with Crippen LogP contribution in [-0.2, 0) is 11.2 Å². The van der Waals surface area contributed by atoms with Gasteiger partial charge in [0.2, 0.25) is 0 Å². The van der Waals surface area contributed by atoms with E-state index in [0.29, 0.717) is 5.92 Å². The van der Waals surface area contributed by atoms with Gasteiger partial charge in [-0.3, -0.25) is 4.90 Å². The summed E-state index contributed by atoms with van der Waals surface area (Å²) in [7, 11) is 0. The third-order valence-corrected chi connectivity index (χ3v) is 6.20. The van der Waals surface area contributed by atoms with Crippen LogP contribution in [0.25, 0.3) is 5.69 Å². The SMILES string of the molecule is Ic1ccccc1-n1ncc2c1CCCC2CCN1CCOCC1. The second-order valence-corrected chi connectivity index (χ2v) is 7.90. The molecule has 0 amide bonds. The van der Waals surface area contributed by atoms with E-state index < -0.39 is 0 Å². The van der Waals surface area contributed by atoms with E-state index in [1.807, 2.05) is 0 Å². The number of fused-ring (bicyclic) bond motifs is 1. The summed E-state index contributed by atoms with van der Waals surface area (Å²) >= 11 is 2.41. The van der Waals surface area contributed by atoms with Crippen LogP contribution >= 0.6 is 22.6 Å². The molecule has 24 heavy (non-hydrogen) atoms. The smallest absolute Gasteiger partial charge is 0.0782 e. The standard InChI is InChI=1S/C19H24IN3O/c20-17-5-1-2-6-19(17)23-18-7-3-4-15(16(18)14-21-23)8-9-22-10-12-24-13-11-22/h1-2,5-6,14-15H,3-4,7-13H2. The lowest BCUT2D eigenvalue weighted by Crippen LogP contribution is -2.37. The molecule has 128 valence electrons. The van der Waals surface area contributed by atoms with Gasteiger partial charge in [0.25, 0.3) is 0 Å². The summed E-state index contributed by atoms with van der Waals surface area (Å²) in [6, 6.07) is 8.52. The number of hydrogen-bond acceptors (Lipinski definition) is 3. The van der Waals surface area contributed by atoms with Gasteiger partial charge in [-0.25, -0.2) is 4.68 Å². The molecular formula is C19H24IN3O. The molecule has 0 saturated carbocycles. The Bertz CT molecular complexity index is 694. The van der Waals surface area contributed by atoms with Gasteiger partial charge in [0.15, 0.2) is 0 Å². The molecule has 1 aliphatic heterocycles. The van der Waals surface area contributed by atoms with E-state index >= 15 is 0 Å². The predicted molar refractivity (Wildman–Crippen MR) is 104 cm³/mol. The Kier molecular flexibility index (Phi) is 5.20. The number of nitrogens with zero attached hydrogens (tertiary/aromatic N) is 3. The number of para-hydroxylation sites is 1. The highest BCUT2D eigenvalue weighted by Crippen LogP contribution is 2.35. The van der Waals surface area contributed by atoms with Crippen molar-refractivity contribution < 1.29 is 4.74 Å². The average molecular weight is 437 g/mol. The Morgan fingerprint density at radius 2 is 2.04 bits per heavy atom. The third-order valence-electron chi connectivity index (χ3n) is 5.29. The Morgan fingerprint density at radius 3 is 2.88 bits per heavy atom. The van der Waals surface area contributed by atoms with E-state index in [1.54, 1.807) is 0 Å². The van der Waals surface area contributed by atoms with E-state index in [1.165, 1.54) is 46.3 Å². The van der Waals surface area contributed by atoms with Gasteiger partial charge in [0.05, 0.1) is 25.1 Å². The first-order valence-corrected chi connectivity index (χ1v) is 10.0. The van der Waals surface area contributed by atoms with E-state index in [9.17, 15) is 0 Å². The fraction of sp³-hybridized carbons (Fsp3) is 0.526. The van der Waals surface area contributed by atoms with Crippen molar-refractivity contribution in [1.82, 2.24) is 14.7 Å². The molecule has 0 spiro atoms. The summed E-state index contributed by atoms with van der Waals surface area (Å²) in [5.74, 6) is 0.659. The highest BCUT2D eigenvalue weighted by Gasteiger charge is 2.25. The maximum atomic E-state index is 5.46. The molecule has 0 N–H and O–H groups in total.